The fourth-order valence-corrected chi connectivity index (χ4v) is 4.07. The summed E-state index contributed by atoms with van der Waals surface area (Å²) in [6, 6.07) is 22.6. The van der Waals surface area contributed by atoms with Crippen molar-refractivity contribution in [3.05, 3.63) is 99.5 Å². The summed E-state index contributed by atoms with van der Waals surface area (Å²) in [5, 5.41) is 2.90. The van der Waals surface area contributed by atoms with E-state index in [0.717, 1.165) is 26.7 Å². The van der Waals surface area contributed by atoms with Gasteiger partial charge in [-0.15, -0.1) is 0 Å². The van der Waals surface area contributed by atoms with E-state index in [2.05, 4.69) is 21.2 Å². The van der Waals surface area contributed by atoms with Gasteiger partial charge in [-0.2, -0.15) is 0 Å². The lowest BCUT2D eigenvalue weighted by molar-refractivity contribution is -0.142. The van der Waals surface area contributed by atoms with Crippen LogP contribution in [0.4, 0.5) is 0 Å². The van der Waals surface area contributed by atoms with Gasteiger partial charge >= 0.3 is 0 Å². The fourth-order valence-electron chi connectivity index (χ4n) is 3.84. The summed E-state index contributed by atoms with van der Waals surface area (Å²) in [6.45, 7) is 6.50. The van der Waals surface area contributed by atoms with Crippen LogP contribution in [0.25, 0.3) is 0 Å². The van der Waals surface area contributed by atoms with Crippen LogP contribution in [-0.2, 0) is 22.6 Å². The number of carbonyl (C=O) groups is 2. The van der Waals surface area contributed by atoms with Crippen molar-refractivity contribution in [3.8, 4) is 5.75 Å². The maximum Gasteiger partial charge on any atom is 0.261 e. The highest BCUT2D eigenvalue weighted by Crippen LogP contribution is 2.26. The molecule has 0 fully saturated rings. The molecule has 0 saturated heterocycles. The highest BCUT2D eigenvalue weighted by molar-refractivity contribution is 9.10. The first kappa shape index (κ1) is 25.5. The van der Waals surface area contributed by atoms with E-state index in [1.54, 1.807) is 4.90 Å². The highest BCUT2D eigenvalue weighted by atomic mass is 79.9. The van der Waals surface area contributed by atoms with E-state index >= 15 is 0 Å². The number of hydrogen-bond acceptors (Lipinski definition) is 3. The number of halogens is 1. The first-order valence-electron chi connectivity index (χ1n) is 11.4. The molecule has 0 saturated carbocycles. The van der Waals surface area contributed by atoms with Crippen LogP contribution in [0.1, 0.15) is 29.2 Å². The smallest absolute Gasteiger partial charge is 0.261 e. The monoisotopic (exact) mass is 522 g/mol. The Hall–Kier alpha value is -3.12. The third-order valence-corrected chi connectivity index (χ3v) is 6.84. The standard InChI is InChI=1S/C28H31BrN2O3/c1-4-30-28(33)25(17-22-11-7-5-8-12-22)31(18-23-13-9-6-10-14-23)26(32)19-34-24-15-20(2)27(29)21(3)16-24/h5-16,25H,4,17-19H2,1-3H3,(H,30,33)/t25-/m1/s1. The molecule has 3 rings (SSSR count). The Morgan fingerprint density at radius 3 is 2.06 bits per heavy atom. The van der Waals surface area contributed by atoms with Crippen LogP contribution < -0.4 is 10.1 Å². The number of amides is 2. The van der Waals surface area contributed by atoms with Gasteiger partial charge in [0.25, 0.3) is 5.91 Å². The SMILES string of the molecule is CCNC(=O)[C@@H](Cc1ccccc1)N(Cc1ccccc1)C(=O)COc1cc(C)c(Br)c(C)c1. The third kappa shape index (κ3) is 6.94. The molecule has 34 heavy (non-hydrogen) atoms. The average molecular weight is 523 g/mol. The molecule has 3 aromatic rings. The molecule has 0 aliphatic heterocycles. The second-order valence-electron chi connectivity index (χ2n) is 8.27. The quantitative estimate of drug-likeness (QED) is 0.397. The van der Waals surface area contributed by atoms with Crippen LogP contribution in [0.5, 0.6) is 5.75 Å². The molecule has 6 heteroatoms. The normalized spacial score (nSPS) is 11.5. The largest absolute Gasteiger partial charge is 0.484 e. The van der Waals surface area contributed by atoms with Crippen molar-refractivity contribution in [2.75, 3.05) is 13.2 Å². The molecule has 2 amide bonds. The maximum absolute atomic E-state index is 13.5. The van der Waals surface area contributed by atoms with Gasteiger partial charge in [0.05, 0.1) is 0 Å². The minimum atomic E-state index is -0.660. The van der Waals surface area contributed by atoms with Crippen molar-refractivity contribution in [2.24, 2.45) is 0 Å². The summed E-state index contributed by atoms with van der Waals surface area (Å²) in [7, 11) is 0. The molecule has 0 unspecified atom stereocenters. The van der Waals surface area contributed by atoms with Gasteiger partial charge in [-0.3, -0.25) is 9.59 Å². The summed E-state index contributed by atoms with van der Waals surface area (Å²) in [6.07, 6.45) is 0.418. The number of benzene rings is 3. The molecule has 0 radical (unpaired) electrons. The zero-order valence-corrected chi connectivity index (χ0v) is 21.5. The van der Waals surface area contributed by atoms with E-state index in [1.165, 1.54) is 0 Å². The molecule has 178 valence electrons. The van der Waals surface area contributed by atoms with Gasteiger partial charge in [0.15, 0.2) is 6.61 Å². The topological polar surface area (TPSA) is 58.6 Å². The molecule has 0 aromatic heterocycles. The molecule has 1 atom stereocenters. The molecule has 3 aromatic carbocycles. The Bertz CT molecular complexity index is 1080. The summed E-state index contributed by atoms with van der Waals surface area (Å²) >= 11 is 3.56. The van der Waals surface area contributed by atoms with E-state index < -0.39 is 6.04 Å². The van der Waals surface area contributed by atoms with Crippen molar-refractivity contribution >= 4 is 27.7 Å². The van der Waals surface area contributed by atoms with E-state index in [4.69, 9.17) is 4.74 Å². The van der Waals surface area contributed by atoms with E-state index in [-0.39, 0.29) is 18.4 Å². The van der Waals surface area contributed by atoms with Gasteiger partial charge < -0.3 is 15.0 Å². The number of carbonyl (C=O) groups excluding carboxylic acids is 2. The Kier molecular flexibility index (Phi) is 9.28. The van der Waals surface area contributed by atoms with E-state index in [0.29, 0.717) is 25.3 Å². The number of nitrogens with one attached hydrogen (secondary N) is 1. The summed E-state index contributed by atoms with van der Waals surface area (Å²) in [5.41, 5.74) is 4.01. The predicted molar refractivity (Wildman–Crippen MR) is 139 cm³/mol. The lowest BCUT2D eigenvalue weighted by Gasteiger charge is -2.31. The Balaban J connectivity index is 1.88. The van der Waals surface area contributed by atoms with Gasteiger partial charge in [0, 0.05) is 24.0 Å². The second kappa shape index (κ2) is 12.4. The lowest BCUT2D eigenvalue weighted by atomic mass is 10.0. The molecule has 0 bridgehead atoms. The minimum Gasteiger partial charge on any atom is -0.484 e. The molecule has 0 aliphatic carbocycles. The number of aryl methyl sites for hydroxylation is 2. The first-order valence-corrected chi connectivity index (χ1v) is 12.2. The number of rotatable bonds is 10. The summed E-state index contributed by atoms with van der Waals surface area (Å²) in [5.74, 6) is 0.212. The third-order valence-electron chi connectivity index (χ3n) is 5.59. The van der Waals surface area contributed by atoms with Crippen LogP contribution in [0.15, 0.2) is 77.3 Å². The number of likely N-dealkylation sites (N-methyl/N-ethyl adjacent to an activating group) is 1. The average Bonchev–Trinajstić information content (AvgIpc) is 2.84. The van der Waals surface area contributed by atoms with Gasteiger partial charge in [0.2, 0.25) is 5.91 Å². The van der Waals surface area contributed by atoms with Gasteiger partial charge in [0.1, 0.15) is 11.8 Å². The first-order chi connectivity index (χ1) is 16.4. The van der Waals surface area contributed by atoms with Crippen molar-refractivity contribution in [3.63, 3.8) is 0 Å². The summed E-state index contributed by atoms with van der Waals surface area (Å²) < 4.78 is 6.92. The minimum absolute atomic E-state index is 0.155. The molecular weight excluding hydrogens is 492 g/mol. The van der Waals surface area contributed by atoms with Crippen LogP contribution >= 0.6 is 15.9 Å². The Morgan fingerprint density at radius 2 is 1.50 bits per heavy atom. The van der Waals surface area contributed by atoms with Crippen LogP contribution in [0, 0.1) is 13.8 Å². The lowest BCUT2D eigenvalue weighted by Crippen LogP contribution is -2.51. The summed E-state index contributed by atoms with van der Waals surface area (Å²) in [4.78, 5) is 28.3. The Labute approximate surface area is 210 Å². The maximum atomic E-state index is 13.5. The Morgan fingerprint density at radius 1 is 0.941 bits per heavy atom. The molecule has 0 heterocycles. The highest BCUT2D eigenvalue weighted by Gasteiger charge is 2.30. The second-order valence-corrected chi connectivity index (χ2v) is 9.06. The van der Waals surface area contributed by atoms with Crippen LogP contribution in [0.3, 0.4) is 0 Å². The van der Waals surface area contributed by atoms with Crippen molar-refractivity contribution < 1.29 is 14.3 Å². The van der Waals surface area contributed by atoms with E-state index in [1.807, 2.05) is 93.6 Å². The number of hydrogen-bond donors (Lipinski definition) is 1. The van der Waals surface area contributed by atoms with Crippen molar-refractivity contribution in [2.45, 2.75) is 39.8 Å². The van der Waals surface area contributed by atoms with Crippen molar-refractivity contribution in [1.29, 1.82) is 0 Å². The van der Waals surface area contributed by atoms with Gasteiger partial charge in [-0.1, -0.05) is 76.6 Å². The molecule has 5 nitrogen and oxygen atoms in total. The number of nitrogens with zero attached hydrogens (tertiary/aromatic N) is 1. The van der Waals surface area contributed by atoms with Crippen LogP contribution in [0.2, 0.25) is 0 Å². The molecular formula is C28H31BrN2O3. The van der Waals surface area contributed by atoms with Gasteiger partial charge in [-0.05, 0) is 55.2 Å². The fraction of sp³-hybridized carbons (Fsp3) is 0.286. The molecule has 1 N–H and O–H groups in total. The van der Waals surface area contributed by atoms with Crippen molar-refractivity contribution in [1.82, 2.24) is 10.2 Å². The van der Waals surface area contributed by atoms with Gasteiger partial charge in [-0.25, -0.2) is 0 Å². The van der Waals surface area contributed by atoms with E-state index in [9.17, 15) is 9.59 Å². The molecule has 0 aliphatic rings. The number of ether oxygens (including phenoxy) is 1. The predicted octanol–water partition coefficient (Wildman–Crippen LogP) is 5.22. The zero-order valence-electron chi connectivity index (χ0n) is 19.9. The molecule has 0 spiro atoms. The zero-order chi connectivity index (χ0) is 24.5. The van der Waals surface area contributed by atoms with Crippen LogP contribution in [-0.4, -0.2) is 35.9 Å².